The number of aliphatic hydroxyl groups excluding tert-OH is 1. The Labute approximate surface area is 185 Å². The number of hydrogen-bond donors (Lipinski definition) is 1. The molecule has 0 saturated carbocycles. The summed E-state index contributed by atoms with van der Waals surface area (Å²) in [6, 6.07) is 15.1. The Morgan fingerprint density at radius 2 is 1.77 bits per heavy atom. The van der Waals surface area contributed by atoms with Gasteiger partial charge in [-0.05, 0) is 68.3 Å². The van der Waals surface area contributed by atoms with Gasteiger partial charge in [0, 0.05) is 22.5 Å². The van der Waals surface area contributed by atoms with E-state index < -0.39 is 17.7 Å². The van der Waals surface area contributed by atoms with E-state index >= 15 is 0 Å². The maximum atomic E-state index is 13.2. The van der Waals surface area contributed by atoms with Crippen LogP contribution >= 0.6 is 11.6 Å². The molecule has 2 heterocycles. The minimum absolute atomic E-state index is 0.0201. The van der Waals surface area contributed by atoms with Gasteiger partial charge in [-0.3, -0.25) is 19.5 Å². The molecule has 1 atom stereocenters. The van der Waals surface area contributed by atoms with Crippen LogP contribution in [0.5, 0.6) is 0 Å². The van der Waals surface area contributed by atoms with E-state index in [-0.39, 0.29) is 11.3 Å². The number of pyridine rings is 1. The largest absolute Gasteiger partial charge is 0.507 e. The number of rotatable bonds is 3. The lowest BCUT2D eigenvalue weighted by molar-refractivity contribution is -0.132. The van der Waals surface area contributed by atoms with Crippen LogP contribution < -0.4 is 4.90 Å². The smallest absolute Gasteiger partial charge is 0.300 e. The number of nitrogens with zero attached hydrogens (tertiary/aromatic N) is 2. The van der Waals surface area contributed by atoms with Crippen molar-refractivity contribution in [2.24, 2.45) is 0 Å². The molecule has 4 rings (SSSR count). The second-order valence-electron chi connectivity index (χ2n) is 7.67. The fourth-order valence-electron chi connectivity index (χ4n) is 3.92. The molecule has 31 heavy (non-hydrogen) atoms. The zero-order valence-corrected chi connectivity index (χ0v) is 18.1. The van der Waals surface area contributed by atoms with Crippen LogP contribution in [0.25, 0.3) is 5.76 Å². The Kier molecular flexibility index (Phi) is 5.38. The molecule has 0 radical (unpaired) electrons. The summed E-state index contributed by atoms with van der Waals surface area (Å²) in [6.07, 6.45) is 1.60. The van der Waals surface area contributed by atoms with Crippen molar-refractivity contribution in [1.82, 2.24) is 4.98 Å². The molecule has 1 aromatic heterocycles. The number of benzene rings is 2. The summed E-state index contributed by atoms with van der Waals surface area (Å²) >= 11 is 6.10. The number of Topliss-reactive ketones (excluding diaryl/α,β-unsaturated/α-hetero) is 1. The molecule has 0 bridgehead atoms. The Balaban J connectivity index is 2.00. The summed E-state index contributed by atoms with van der Waals surface area (Å²) in [4.78, 5) is 32.2. The lowest BCUT2D eigenvalue weighted by Crippen LogP contribution is -2.30. The molecule has 1 unspecified atom stereocenters. The zero-order valence-electron chi connectivity index (χ0n) is 17.4. The molecule has 0 spiro atoms. The molecule has 0 aliphatic carbocycles. The van der Waals surface area contributed by atoms with Crippen molar-refractivity contribution in [3.05, 3.63) is 99.3 Å². The van der Waals surface area contributed by atoms with Crippen molar-refractivity contribution >= 4 is 34.7 Å². The molecule has 156 valence electrons. The minimum atomic E-state index is -0.860. The van der Waals surface area contributed by atoms with Crippen molar-refractivity contribution in [2.45, 2.75) is 26.8 Å². The highest BCUT2D eigenvalue weighted by Crippen LogP contribution is 2.43. The highest BCUT2D eigenvalue weighted by atomic mass is 35.5. The maximum absolute atomic E-state index is 13.2. The van der Waals surface area contributed by atoms with Gasteiger partial charge in [0.1, 0.15) is 11.8 Å². The molecule has 1 aliphatic rings. The van der Waals surface area contributed by atoms with Gasteiger partial charge >= 0.3 is 0 Å². The van der Waals surface area contributed by atoms with E-state index in [2.05, 4.69) is 4.98 Å². The third-order valence-electron chi connectivity index (χ3n) is 5.48. The Hall–Kier alpha value is -3.44. The van der Waals surface area contributed by atoms with E-state index in [1.54, 1.807) is 48.7 Å². The number of aromatic nitrogens is 1. The van der Waals surface area contributed by atoms with E-state index in [9.17, 15) is 14.7 Å². The number of carbonyl (C=O) groups excluding carboxylic acids is 2. The first kappa shape index (κ1) is 20.8. The van der Waals surface area contributed by atoms with Crippen LogP contribution in [-0.2, 0) is 9.59 Å². The minimum Gasteiger partial charge on any atom is -0.507 e. The van der Waals surface area contributed by atoms with Gasteiger partial charge in [-0.15, -0.1) is 0 Å². The average Bonchev–Trinajstić information content (AvgIpc) is 3.01. The normalized spacial score (nSPS) is 17.9. The monoisotopic (exact) mass is 432 g/mol. The number of hydrogen-bond acceptors (Lipinski definition) is 4. The van der Waals surface area contributed by atoms with Crippen LogP contribution in [0, 0.1) is 20.8 Å². The lowest BCUT2D eigenvalue weighted by Gasteiger charge is -2.26. The van der Waals surface area contributed by atoms with E-state index in [4.69, 9.17) is 11.6 Å². The van der Waals surface area contributed by atoms with E-state index in [1.807, 2.05) is 32.9 Å². The number of ketones is 1. The molecule has 2 aromatic carbocycles. The van der Waals surface area contributed by atoms with E-state index in [0.717, 1.165) is 16.7 Å². The lowest BCUT2D eigenvalue weighted by atomic mass is 9.95. The van der Waals surface area contributed by atoms with Gasteiger partial charge in [0.2, 0.25) is 0 Å². The summed E-state index contributed by atoms with van der Waals surface area (Å²) in [5, 5.41) is 11.8. The predicted molar refractivity (Wildman–Crippen MR) is 121 cm³/mol. The molecule has 1 N–H and O–H groups in total. The van der Waals surface area contributed by atoms with Gasteiger partial charge in [0.05, 0.1) is 11.3 Å². The molecular weight excluding hydrogens is 412 g/mol. The topological polar surface area (TPSA) is 70.5 Å². The first-order valence-electron chi connectivity index (χ1n) is 9.85. The standard InChI is InChI=1S/C25H21ClN2O3/c1-14-7-8-15(2)18(12-14)23(29)21-22(19-6-4-5-11-27-19)28(25(31)24(21)30)20-10-9-17(26)13-16(20)3/h4-13,22,29H,1-3H3/b23-21+. The molecule has 3 aromatic rings. The molecule has 1 aliphatic heterocycles. The maximum Gasteiger partial charge on any atom is 0.300 e. The fraction of sp³-hybridized carbons (Fsp3) is 0.160. The first-order valence-corrected chi connectivity index (χ1v) is 10.2. The highest BCUT2D eigenvalue weighted by Gasteiger charge is 2.48. The third kappa shape index (κ3) is 3.62. The number of aliphatic hydroxyl groups is 1. The molecular formula is C25H21ClN2O3. The van der Waals surface area contributed by atoms with Gasteiger partial charge in [-0.1, -0.05) is 35.4 Å². The highest BCUT2D eigenvalue weighted by molar-refractivity contribution is 6.51. The van der Waals surface area contributed by atoms with Crippen LogP contribution in [0.15, 0.2) is 66.4 Å². The molecule has 1 saturated heterocycles. The van der Waals surface area contributed by atoms with Crippen molar-refractivity contribution in [3.63, 3.8) is 0 Å². The number of halogens is 1. The summed E-state index contributed by atoms with van der Waals surface area (Å²) in [6.45, 7) is 5.58. The van der Waals surface area contributed by atoms with E-state index in [0.29, 0.717) is 22.0 Å². The summed E-state index contributed by atoms with van der Waals surface area (Å²) in [5.41, 5.74) is 4.05. The van der Waals surface area contributed by atoms with Crippen LogP contribution in [0.2, 0.25) is 5.02 Å². The number of anilines is 1. The molecule has 1 amide bonds. The third-order valence-corrected chi connectivity index (χ3v) is 5.71. The summed E-state index contributed by atoms with van der Waals surface area (Å²) in [7, 11) is 0. The van der Waals surface area contributed by atoms with Crippen molar-refractivity contribution in [2.75, 3.05) is 4.90 Å². The quantitative estimate of drug-likeness (QED) is 0.347. The van der Waals surface area contributed by atoms with Crippen LogP contribution in [0.1, 0.15) is 34.0 Å². The molecule has 5 nitrogen and oxygen atoms in total. The van der Waals surface area contributed by atoms with Gasteiger partial charge in [0.25, 0.3) is 11.7 Å². The SMILES string of the molecule is Cc1ccc(C)c(/C(O)=C2\C(=O)C(=O)N(c3ccc(Cl)cc3C)C2c2ccccn2)c1. The van der Waals surface area contributed by atoms with Crippen molar-refractivity contribution in [3.8, 4) is 0 Å². The molecule has 1 fully saturated rings. The van der Waals surface area contributed by atoms with Crippen LogP contribution in [-0.4, -0.2) is 21.8 Å². The summed E-state index contributed by atoms with van der Waals surface area (Å²) < 4.78 is 0. The number of aryl methyl sites for hydroxylation is 3. The summed E-state index contributed by atoms with van der Waals surface area (Å²) in [5.74, 6) is -1.67. The first-order chi connectivity index (χ1) is 14.8. The molecule has 6 heteroatoms. The van der Waals surface area contributed by atoms with Crippen molar-refractivity contribution in [1.29, 1.82) is 0 Å². The Morgan fingerprint density at radius 1 is 1.00 bits per heavy atom. The Bertz CT molecular complexity index is 1230. The van der Waals surface area contributed by atoms with Crippen LogP contribution in [0.4, 0.5) is 5.69 Å². The average molecular weight is 433 g/mol. The number of amides is 1. The second kappa shape index (κ2) is 8.00. The van der Waals surface area contributed by atoms with Crippen molar-refractivity contribution < 1.29 is 14.7 Å². The zero-order chi connectivity index (χ0) is 22.3. The number of carbonyl (C=O) groups is 2. The second-order valence-corrected chi connectivity index (χ2v) is 8.11. The van der Waals surface area contributed by atoms with Gasteiger partial charge in [-0.25, -0.2) is 0 Å². The van der Waals surface area contributed by atoms with E-state index in [1.165, 1.54) is 4.90 Å². The van der Waals surface area contributed by atoms with Gasteiger partial charge < -0.3 is 5.11 Å². The Morgan fingerprint density at radius 3 is 2.45 bits per heavy atom. The van der Waals surface area contributed by atoms with Gasteiger partial charge in [-0.2, -0.15) is 0 Å². The van der Waals surface area contributed by atoms with Crippen LogP contribution in [0.3, 0.4) is 0 Å². The fourth-order valence-corrected chi connectivity index (χ4v) is 4.15. The van der Waals surface area contributed by atoms with Gasteiger partial charge in [0.15, 0.2) is 0 Å². The predicted octanol–water partition coefficient (Wildman–Crippen LogP) is 5.29.